The lowest BCUT2D eigenvalue weighted by atomic mass is 9.99. The Morgan fingerprint density at radius 1 is 1.53 bits per heavy atom. The van der Waals surface area contributed by atoms with Crippen LogP contribution in [0, 0.1) is 0 Å². The van der Waals surface area contributed by atoms with Crippen LogP contribution in [0.15, 0.2) is 0 Å². The summed E-state index contributed by atoms with van der Waals surface area (Å²) in [7, 11) is 0. The van der Waals surface area contributed by atoms with Crippen molar-refractivity contribution >= 4 is 11.8 Å². The summed E-state index contributed by atoms with van der Waals surface area (Å²) in [4.78, 5) is 24.1. The Morgan fingerprint density at radius 3 is 2.60 bits per heavy atom. The smallest absolute Gasteiger partial charge is 0.240 e. The molecule has 0 aromatic carbocycles. The molecular weight excluding hydrogens is 194 g/mol. The van der Waals surface area contributed by atoms with Crippen LogP contribution in [-0.2, 0) is 9.59 Å². The molecule has 1 unspecified atom stereocenters. The fourth-order valence-electron chi connectivity index (χ4n) is 1.71. The maximum atomic E-state index is 11.7. The van der Waals surface area contributed by atoms with Crippen molar-refractivity contribution in [3.05, 3.63) is 0 Å². The third-order valence-corrected chi connectivity index (χ3v) is 2.82. The highest BCUT2D eigenvalue weighted by molar-refractivity contribution is 5.90. The third-order valence-electron chi connectivity index (χ3n) is 2.82. The molecule has 1 saturated heterocycles. The first-order chi connectivity index (χ1) is 7.07. The van der Waals surface area contributed by atoms with E-state index in [-0.39, 0.29) is 5.91 Å². The van der Waals surface area contributed by atoms with Crippen LogP contribution >= 0.6 is 0 Å². The lowest BCUT2D eigenvalue weighted by Crippen LogP contribution is -2.60. The van der Waals surface area contributed by atoms with E-state index in [1.54, 1.807) is 0 Å². The second-order valence-corrected chi connectivity index (χ2v) is 3.99. The Hall–Kier alpha value is -1.10. The summed E-state index contributed by atoms with van der Waals surface area (Å²) >= 11 is 0. The normalized spacial score (nSPS) is 22.0. The van der Waals surface area contributed by atoms with E-state index in [0.29, 0.717) is 19.4 Å². The molecule has 1 rings (SSSR count). The van der Waals surface area contributed by atoms with Crippen molar-refractivity contribution in [1.29, 1.82) is 0 Å². The number of unbranched alkanes of at least 4 members (excludes halogenated alkanes) is 1. The summed E-state index contributed by atoms with van der Waals surface area (Å²) in [5, 5.41) is 0. The number of nitrogens with two attached hydrogens (primary N) is 2. The maximum absolute atomic E-state index is 11.7. The quantitative estimate of drug-likeness (QED) is 0.650. The minimum Gasteiger partial charge on any atom is -0.368 e. The van der Waals surface area contributed by atoms with Crippen molar-refractivity contribution in [2.75, 3.05) is 6.54 Å². The molecule has 1 fully saturated rings. The lowest BCUT2D eigenvalue weighted by molar-refractivity contribution is -0.147. The largest absolute Gasteiger partial charge is 0.368 e. The molecule has 1 aliphatic rings. The molecule has 1 aliphatic heterocycles. The van der Waals surface area contributed by atoms with Gasteiger partial charge in [0.2, 0.25) is 11.8 Å². The Morgan fingerprint density at radius 2 is 2.20 bits per heavy atom. The zero-order valence-corrected chi connectivity index (χ0v) is 9.11. The van der Waals surface area contributed by atoms with Gasteiger partial charge in [0.15, 0.2) is 0 Å². The summed E-state index contributed by atoms with van der Waals surface area (Å²) < 4.78 is 0. The molecule has 0 bridgehead atoms. The number of nitrogens with zero attached hydrogens (tertiary/aromatic N) is 1. The predicted octanol–water partition coefficient (Wildman–Crippen LogP) is -0.410. The molecule has 0 radical (unpaired) electrons. The van der Waals surface area contributed by atoms with Crippen molar-refractivity contribution in [2.45, 2.75) is 44.7 Å². The van der Waals surface area contributed by atoms with Crippen molar-refractivity contribution in [2.24, 2.45) is 11.5 Å². The average molecular weight is 213 g/mol. The Bertz CT molecular complexity index is 255. The molecule has 5 nitrogen and oxygen atoms in total. The third kappa shape index (κ3) is 2.68. The van der Waals surface area contributed by atoms with E-state index >= 15 is 0 Å². The number of carbonyl (C=O) groups is 2. The minimum absolute atomic E-state index is 0.140. The monoisotopic (exact) mass is 213 g/mol. The van der Waals surface area contributed by atoms with Gasteiger partial charge in [0.05, 0.1) is 6.04 Å². The highest BCUT2D eigenvalue weighted by atomic mass is 16.2. The first kappa shape index (κ1) is 12.0. The SMILES string of the molecule is CCCC[C@H](N)C(=O)N1CCC1C(N)=O. The van der Waals surface area contributed by atoms with Gasteiger partial charge in [-0.25, -0.2) is 0 Å². The van der Waals surface area contributed by atoms with Gasteiger partial charge in [-0.3, -0.25) is 9.59 Å². The van der Waals surface area contributed by atoms with Crippen molar-refractivity contribution in [3.63, 3.8) is 0 Å². The van der Waals surface area contributed by atoms with Gasteiger partial charge in [0.25, 0.3) is 0 Å². The highest BCUT2D eigenvalue weighted by Crippen LogP contribution is 2.18. The van der Waals surface area contributed by atoms with Crippen LogP contribution in [0.4, 0.5) is 0 Å². The molecule has 0 aromatic heterocycles. The molecule has 0 spiro atoms. The number of likely N-dealkylation sites (tertiary alicyclic amines) is 1. The number of amides is 2. The molecule has 5 heteroatoms. The van der Waals surface area contributed by atoms with Gasteiger partial charge in [-0.05, 0) is 12.8 Å². The standard InChI is InChI=1S/C10H19N3O2/c1-2-3-4-7(11)10(15)13-6-5-8(13)9(12)14/h7-8H,2-6,11H2,1H3,(H2,12,14)/t7-,8?/m0/s1. The molecule has 0 saturated carbocycles. The van der Waals surface area contributed by atoms with Gasteiger partial charge >= 0.3 is 0 Å². The summed E-state index contributed by atoms with van der Waals surface area (Å²) in [6, 6.07) is -0.905. The van der Waals surface area contributed by atoms with E-state index in [2.05, 4.69) is 0 Å². The summed E-state index contributed by atoms with van der Waals surface area (Å²) in [6.45, 7) is 2.65. The fourth-order valence-corrected chi connectivity index (χ4v) is 1.71. The molecular formula is C10H19N3O2. The van der Waals surface area contributed by atoms with Crippen molar-refractivity contribution in [3.8, 4) is 0 Å². The topological polar surface area (TPSA) is 89.4 Å². The molecule has 15 heavy (non-hydrogen) atoms. The predicted molar refractivity (Wildman–Crippen MR) is 56.8 cm³/mol. The van der Waals surface area contributed by atoms with Gasteiger partial charge < -0.3 is 16.4 Å². The van der Waals surface area contributed by atoms with E-state index < -0.39 is 18.0 Å². The highest BCUT2D eigenvalue weighted by Gasteiger charge is 2.37. The van der Waals surface area contributed by atoms with Crippen LogP contribution < -0.4 is 11.5 Å². The molecule has 1 heterocycles. The Kier molecular flexibility index (Phi) is 4.08. The van der Waals surface area contributed by atoms with Crippen LogP contribution in [-0.4, -0.2) is 35.3 Å². The first-order valence-electron chi connectivity index (χ1n) is 5.43. The maximum Gasteiger partial charge on any atom is 0.240 e. The second kappa shape index (κ2) is 5.11. The van der Waals surface area contributed by atoms with Gasteiger partial charge in [0.1, 0.15) is 6.04 Å². The number of rotatable bonds is 5. The van der Waals surface area contributed by atoms with Crippen LogP contribution in [0.2, 0.25) is 0 Å². The molecule has 4 N–H and O–H groups in total. The molecule has 86 valence electrons. The van der Waals surface area contributed by atoms with Gasteiger partial charge in [-0.1, -0.05) is 19.8 Å². The van der Waals surface area contributed by atoms with E-state index in [9.17, 15) is 9.59 Å². The van der Waals surface area contributed by atoms with E-state index in [1.807, 2.05) is 6.92 Å². The number of hydrogen-bond acceptors (Lipinski definition) is 3. The molecule has 2 amide bonds. The van der Waals surface area contributed by atoms with Crippen LogP contribution in [0.25, 0.3) is 0 Å². The van der Waals surface area contributed by atoms with E-state index in [0.717, 1.165) is 12.8 Å². The minimum atomic E-state index is -0.480. The zero-order chi connectivity index (χ0) is 11.4. The summed E-state index contributed by atoms with van der Waals surface area (Å²) in [5.74, 6) is -0.573. The number of hydrogen-bond donors (Lipinski definition) is 2. The molecule has 2 atom stereocenters. The van der Waals surface area contributed by atoms with Gasteiger partial charge in [-0.15, -0.1) is 0 Å². The molecule has 0 aromatic rings. The summed E-state index contributed by atoms with van der Waals surface area (Å²) in [6.07, 6.45) is 3.29. The Balaban J connectivity index is 2.43. The van der Waals surface area contributed by atoms with Gasteiger partial charge in [-0.2, -0.15) is 0 Å². The zero-order valence-electron chi connectivity index (χ0n) is 9.11. The van der Waals surface area contributed by atoms with Crippen LogP contribution in [0.3, 0.4) is 0 Å². The fraction of sp³-hybridized carbons (Fsp3) is 0.800. The van der Waals surface area contributed by atoms with Crippen LogP contribution in [0.5, 0.6) is 0 Å². The van der Waals surface area contributed by atoms with E-state index in [4.69, 9.17) is 11.5 Å². The Labute approximate surface area is 89.8 Å². The van der Waals surface area contributed by atoms with Crippen molar-refractivity contribution in [1.82, 2.24) is 4.90 Å². The van der Waals surface area contributed by atoms with E-state index in [1.165, 1.54) is 4.90 Å². The molecule has 0 aliphatic carbocycles. The lowest BCUT2D eigenvalue weighted by Gasteiger charge is -2.40. The van der Waals surface area contributed by atoms with Crippen LogP contribution in [0.1, 0.15) is 32.6 Å². The number of carbonyl (C=O) groups excluding carboxylic acids is 2. The summed E-state index contributed by atoms with van der Waals surface area (Å²) in [5.41, 5.74) is 10.9. The first-order valence-corrected chi connectivity index (χ1v) is 5.43. The average Bonchev–Trinajstić information content (AvgIpc) is 2.11. The van der Waals surface area contributed by atoms with Crippen molar-refractivity contribution < 1.29 is 9.59 Å². The number of primary amides is 1. The second-order valence-electron chi connectivity index (χ2n) is 3.99. The van der Waals surface area contributed by atoms with Gasteiger partial charge in [0, 0.05) is 6.54 Å².